The monoisotopic (exact) mass is 276 g/mol. The Kier molecular flexibility index (Phi) is 4.40. The number of alkyl halides is 2. The van der Waals surface area contributed by atoms with Crippen molar-refractivity contribution in [1.82, 2.24) is 10.2 Å². The first kappa shape index (κ1) is 14.7. The summed E-state index contributed by atoms with van der Waals surface area (Å²) in [5, 5.41) is 3.15. The molecule has 2 aliphatic rings. The van der Waals surface area contributed by atoms with Gasteiger partial charge in [0.15, 0.2) is 0 Å². The van der Waals surface area contributed by atoms with Gasteiger partial charge in [0.25, 0.3) is 0 Å². The van der Waals surface area contributed by atoms with Crippen molar-refractivity contribution in [3.05, 3.63) is 0 Å². The minimum absolute atomic E-state index is 0.319. The number of nitrogens with zero attached hydrogens (tertiary/aromatic N) is 1. The van der Waals surface area contributed by atoms with Crippen LogP contribution in [-0.2, 0) is 9.53 Å². The highest BCUT2D eigenvalue weighted by Crippen LogP contribution is 2.30. The average molecular weight is 276 g/mol. The second-order valence-electron chi connectivity index (χ2n) is 5.84. The molecular weight excluding hydrogens is 254 g/mol. The zero-order valence-corrected chi connectivity index (χ0v) is 11.5. The Bertz CT molecular complexity index is 337. The van der Waals surface area contributed by atoms with E-state index in [-0.39, 0.29) is 0 Å². The molecule has 0 amide bonds. The van der Waals surface area contributed by atoms with E-state index in [0.29, 0.717) is 18.5 Å². The third-order valence-electron chi connectivity index (χ3n) is 3.91. The van der Waals surface area contributed by atoms with E-state index in [1.54, 1.807) is 0 Å². The smallest absolute Gasteiger partial charge is 0.377 e. The number of hydrogen-bond acceptors (Lipinski definition) is 4. The van der Waals surface area contributed by atoms with Gasteiger partial charge >= 0.3 is 11.9 Å². The molecule has 2 atom stereocenters. The van der Waals surface area contributed by atoms with Gasteiger partial charge in [-0.1, -0.05) is 0 Å². The highest BCUT2D eigenvalue weighted by atomic mass is 19.3. The largest absolute Gasteiger partial charge is 0.456 e. The van der Waals surface area contributed by atoms with Gasteiger partial charge in [-0.05, 0) is 39.3 Å². The van der Waals surface area contributed by atoms with Crippen LogP contribution in [0.5, 0.6) is 0 Å². The Balaban J connectivity index is 1.64. The van der Waals surface area contributed by atoms with Crippen LogP contribution in [0, 0.1) is 5.92 Å². The van der Waals surface area contributed by atoms with Crippen molar-refractivity contribution in [3.8, 4) is 0 Å². The third kappa shape index (κ3) is 3.63. The lowest BCUT2D eigenvalue weighted by molar-refractivity contribution is -0.159. The summed E-state index contributed by atoms with van der Waals surface area (Å²) in [6.45, 7) is 7.61. The van der Waals surface area contributed by atoms with Gasteiger partial charge in [0.1, 0.15) is 6.10 Å². The quantitative estimate of drug-likeness (QED) is 0.768. The summed E-state index contributed by atoms with van der Waals surface area (Å²) < 4.78 is 30.5. The molecule has 2 fully saturated rings. The number of carbonyl (C=O) groups is 1. The van der Waals surface area contributed by atoms with E-state index in [4.69, 9.17) is 0 Å². The van der Waals surface area contributed by atoms with Crippen molar-refractivity contribution >= 4 is 5.97 Å². The molecule has 0 aromatic carbocycles. The molecule has 2 aliphatic heterocycles. The van der Waals surface area contributed by atoms with Crippen LogP contribution >= 0.6 is 0 Å². The van der Waals surface area contributed by atoms with E-state index in [2.05, 4.69) is 28.8 Å². The van der Waals surface area contributed by atoms with E-state index in [1.165, 1.54) is 0 Å². The Morgan fingerprint density at radius 1 is 1.47 bits per heavy atom. The maximum Gasteiger partial charge on any atom is 0.377 e. The molecule has 2 rings (SSSR count). The van der Waals surface area contributed by atoms with Crippen molar-refractivity contribution < 1.29 is 18.3 Å². The first-order valence-electron chi connectivity index (χ1n) is 6.92. The molecule has 0 aliphatic carbocycles. The number of hydrogen-bond donors (Lipinski definition) is 1. The molecule has 0 bridgehead atoms. The van der Waals surface area contributed by atoms with Crippen LogP contribution in [0.1, 0.15) is 26.7 Å². The SMILES string of the molecule is CC(C)N1CCC(CNCC2CC(F)(F)C(=O)O2)C1. The topological polar surface area (TPSA) is 41.6 Å². The first-order chi connectivity index (χ1) is 8.88. The highest BCUT2D eigenvalue weighted by molar-refractivity contribution is 5.79. The van der Waals surface area contributed by atoms with Crippen LogP contribution in [-0.4, -0.2) is 55.1 Å². The minimum Gasteiger partial charge on any atom is -0.456 e. The highest BCUT2D eigenvalue weighted by Gasteiger charge is 2.50. The molecule has 0 spiro atoms. The Morgan fingerprint density at radius 3 is 2.74 bits per heavy atom. The Morgan fingerprint density at radius 2 is 2.21 bits per heavy atom. The molecule has 1 N–H and O–H groups in total. The zero-order valence-electron chi connectivity index (χ0n) is 11.5. The van der Waals surface area contributed by atoms with Crippen LogP contribution in [0.15, 0.2) is 0 Å². The first-order valence-corrected chi connectivity index (χ1v) is 6.92. The van der Waals surface area contributed by atoms with Crippen molar-refractivity contribution in [3.63, 3.8) is 0 Å². The maximum absolute atomic E-state index is 12.9. The lowest BCUT2D eigenvalue weighted by atomic mass is 10.1. The molecule has 2 saturated heterocycles. The van der Waals surface area contributed by atoms with Crippen molar-refractivity contribution in [2.75, 3.05) is 26.2 Å². The van der Waals surface area contributed by atoms with E-state index in [0.717, 1.165) is 26.1 Å². The van der Waals surface area contributed by atoms with Gasteiger partial charge in [-0.25, -0.2) is 4.79 Å². The minimum atomic E-state index is -3.30. The molecule has 2 heterocycles. The number of nitrogens with one attached hydrogen (secondary N) is 1. The molecule has 110 valence electrons. The van der Waals surface area contributed by atoms with Gasteiger partial charge in [0, 0.05) is 19.1 Å². The predicted molar refractivity (Wildman–Crippen MR) is 67.1 cm³/mol. The summed E-state index contributed by atoms with van der Waals surface area (Å²) in [5.41, 5.74) is 0. The summed E-state index contributed by atoms with van der Waals surface area (Å²) in [4.78, 5) is 13.2. The fourth-order valence-electron chi connectivity index (χ4n) is 2.71. The predicted octanol–water partition coefficient (Wildman–Crippen LogP) is 1.26. The van der Waals surface area contributed by atoms with Crippen molar-refractivity contribution in [1.29, 1.82) is 0 Å². The average Bonchev–Trinajstić information content (AvgIpc) is 2.85. The molecule has 4 nitrogen and oxygen atoms in total. The number of likely N-dealkylation sites (tertiary alicyclic amines) is 1. The standard InChI is InChI=1S/C13H22F2N2O2/c1-9(2)17-4-3-10(8-17)6-16-7-11-5-13(14,15)12(18)19-11/h9-11,16H,3-8H2,1-2H3. The van der Waals surface area contributed by atoms with Gasteiger partial charge in [-0.3, -0.25) is 0 Å². The third-order valence-corrected chi connectivity index (χ3v) is 3.91. The normalized spacial score (nSPS) is 31.1. The molecule has 0 saturated carbocycles. The number of ether oxygens (including phenoxy) is 1. The zero-order chi connectivity index (χ0) is 14.0. The van der Waals surface area contributed by atoms with Crippen LogP contribution in [0.25, 0.3) is 0 Å². The van der Waals surface area contributed by atoms with Gasteiger partial charge in [-0.15, -0.1) is 0 Å². The fraction of sp³-hybridized carbons (Fsp3) is 0.923. The molecule has 19 heavy (non-hydrogen) atoms. The van der Waals surface area contributed by atoms with E-state index >= 15 is 0 Å². The van der Waals surface area contributed by atoms with Gasteiger partial charge in [-0.2, -0.15) is 8.78 Å². The summed E-state index contributed by atoms with van der Waals surface area (Å²) >= 11 is 0. The van der Waals surface area contributed by atoms with Crippen molar-refractivity contribution in [2.45, 2.75) is 44.8 Å². The summed E-state index contributed by atoms with van der Waals surface area (Å²) in [5.74, 6) is -4.13. The van der Waals surface area contributed by atoms with Crippen LogP contribution in [0.2, 0.25) is 0 Å². The molecule has 0 radical (unpaired) electrons. The number of esters is 1. The van der Waals surface area contributed by atoms with Crippen LogP contribution in [0.4, 0.5) is 8.78 Å². The maximum atomic E-state index is 12.9. The summed E-state index contributed by atoms with van der Waals surface area (Å²) in [6, 6.07) is 0.555. The Labute approximate surface area is 112 Å². The molecule has 0 aromatic rings. The lowest BCUT2D eigenvalue weighted by Gasteiger charge is -2.20. The number of carbonyl (C=O) groups excluding carboxylic acids is 1. The van der Waals surface area contributed by atoms with E-state index < -0.39 is 24.4 Å². The summed E-state index contributed by atoms with van der Waals surface area (Å²) in [6.07, 6.45) is -0.0574. The van der Waals surface area contributed by atoms with Crippen LogP contribution in [0.3, 0.4) is 0 Å². The molecule has 0 aromatic heterocycles. The van der Waals surface area contributed by atoms with E-state index in [1.807, 2.05) is 0 Å². The lowest BCUT2D eigenvalue weighted by Crippen LogP contribution is -2.33. The number of halogens is 2. The number of rotatable bonds is 5. The van der Waals surface area contributed by atoms with Crippen LogP contribution < -0.4 is 5.32 Å². The molecule has 6 heteroatoms. The summed E-state index contributed by atoms with van der Waals surface area (Å²) in [7, 11) is 0. The Hall–Kier alpha value is -0.750. The van der Waals surface area contributed by atoms with Gasteiger partial charge in [0.05, 0.1) is 6.42 Å². The van der Waals surface area contributed by atoms with Crippen molar-refractivity contribution in [2.24, 2.45) is 5.92 Å². The molecule has 2 unspecified atom stereocenters. The second kappa shape index (κ2) is 5.71. The fourth-order valence-corrected chi connectivity index (χ4v) is 2.71. The number of cyclic esters (lactones) is 1. The second-order valence-corrected chi connectivity index (χ2v) is 5.84. The van der Waals surface area contributed by atoms with E-state index in [9.17, 15) is 13.6 Å². The molecular formula is C13H22F2N2O2. The van der Waals surface area contributed by atoms with Gasteiger partial charge in [0.2, 0.25) is 0 Å². The van der Waals surface area contributed by atoms with Gasteiger partial charge < -0.3 is 15.0 Å².